The van der Waals surface area contributed by atoms with Crippen molar-refractivity contribution in [1.29, 1.82) is 0 Å². The molecule has 1 fully saturated rings. The molecule has 5 nitrogen and oxygen atoms in total. The fourth-order valence-electron chi connectivity index (χ4n) is 2.93. The monoisotopic (exact) mass is 355 g/mol. The van der Waals surface area contributed by atoms with E-state index in [0.29, 0.717) is 23.4 Å². The molecule has 2 aromatic rings. The number of aliphatic hydroxyl groups excluding tert-OH is 1. The summed E-state index contributed by atoms with van der Waals surface area (Å²) in [5.41, 5.74) is 1.27. The summed E-state index contributed by atoms with van der Waals surface area (Å²) in [5.74, 6) is 0.614. The van der Waals surface area contributed by atoms with Crippen LogP contribution in [0.15, 0.2) is 54.6 Å². The van der Waals surface area contributed by atoms with E-state index in [2.05, 4.69) is 5.32 Å². The highest BCUT2D eigenvalue weighted by Crippen LogP contribution is 2.16. The first-order valence-electron chi connectivity index (χ1n) is 9.05. The lowest BCUT2D eigenvalue weighted by molar-refractivity contribution is 0.0881. The van der Waals surface area contributed by atoms with Crippen molar-refractivity contribution in [2.24, 2.45) is 0 Å². The zero-order valence-corrected chi connectivity index (χ0v) is 14.8. The van der Waals surface area contributed by atoms with Crippen LogP contribution >= 0.6 is 0 Å². The van der Waals surface area contributed by atoms with Gasteiger partial charge in [-0.3, -0.25) is 4.79 Å². The average molecular weight is 355 g/mol. The highest BCUT2D eigenvalue weighted by molar-refractivity contribution is 6.08. The Bertz CT molecular complexity index is 681. The molecule has 0 spiro atoms. The largest absolute Gasteiger partial charge is 0.491 e. The number of hydrogen-bond acceptors (Lipinski definition) is 5. The van der Waals surface area contributed by atoms with E-state index in [4.69, 9.17) is 9.47 Å². The first-order valence-corrected chi connectivity index (χ1v) is 9.05. The molecule has 1 aliphatic heterocycles. The van der Waals surface area contributed by atoms with Gasteiger partial charge in [0.15, 0.2) is 5.78 Å². The number of benzene rings is 2. The summed E-state index contributed by atoms with van der Waals surface area (Å²) in [6.45, 7) is 2.25. The second kappa shape index (κ2) is 9.48. The van der Waals surface area contributed by atoms with Crippen LogP contribution in [0.25, 0.3) is 0 Å². The molecule has 0 radical (unpaired) electrons. The second-order valence-corrected chi connectivity index (χ2v) is 6.48. The van der Waals surface area contributed by atoms with Gasteiger partial charge in [-0.05, 0) is 37.1 Å². The topological polar surface area (TPSA) is 67.8 Å². The molecule has 0 bridgehead atoms. The third kappa shape index (κ3) is 5.39. The van der Waals surface area contributed by atoms with Crippen molar-refractivity contribution in [3.63, 3.8) is 0 Å². The molecule has 2 N–H and O–H groups in total. The molecule has 1 saturated heterocycles. The Kier molecular flexibility index (Phi) is 6.77. The number of nitrogens with one attached hydrogen (secondary N) is 1. The van der Waals surface area contributed by atoms with E-state index in [1.54, 1.807) is 36.4 Å². The Morgan fingerprint density at radius 3 is 2.58 bits per heavy atom. The highest BCUT2D eigenvalue weighted by atomic mass is 16.5. The van der Waals surface area contributed by atoms with Gasteiger partial charge in [-0.25, -0.2) is 0 Å². The minimum atomic E-state index is -0.595. The third-order valence-corrected chi connectivity index (χ3v) is 4.37. The average Bonchev–Trinajstić information content (AvgIpc) is 3.20. The highest BCUT2D eigenvalue weighted by Gasteiger charge is 2.15. The summed E-state index contributed by atoms with van der Waals surface area (Å²) in [4.78, 5) is 12.4. The van der Waals surface area contributed by atoms with Crippen molar-refractivity contribution in [3.8, 4) is 5.75 Å². The van der Waals surface area contributed by atoms with Gasteiger partial charge in [-0.15, -0.1) is 0 Å². The zero-order chi connectivity index (χ0) is 18.2. The van der Waals surface area contributed by atoms with Gasteiger partial charge >= 0.3 is 0 Å². The summed E-state index contributed by atoms with van der Waals surface area (Å²) in [6.07, 6.45) is 1.86. The van der Waals surface area contributed by atoms with E-state index in [1.807, 2.05) is 18.2 Å². The SMILES string of the molecule is O=C(c1ccccc1)c1ccc(OCC(O)CNCC2CCCO2)cc1. The Labute approximate surface area is 153 Å². The van der Waals surface area contributed by atoms with Gasteiger partial charge in [0, 0.05) is 30.8 Å². The lowest BCUT2D eigenvalue weighted by Gasteiger charge is -2.15. The minimum Gasteiger partial charge on any atom is -0.491 e. The number of ether oxygens (including phenoxy) is 2. The predicted molar refractivity (Wildman–Crippen MR) is 99.7 cm³/mol. The van der Waals surface area contributed by atoms with Crippen molar-refractivity contribution in [1.82, 2.24) is 5.32 Å². The van der Waals surface area contributed by atoms with Gasteiger partial charge in [0.2, 0.25) is 0 Å². The van der Waals surface area contributed by atoms with E-state index in [0.717, 1.165) is 26.0 Å². The summed E-state index contributed by atoms with van der Waals surface area (Å²) in [5, 5.41) is 13.2. The van der Waals surface area contributed by atoms with Crippen LogP contribution < -0.4 is 10.1 Å². The molecule has 1 aliphatic rings. The molecular weight excluding hydrogens is 330 g/mol. The maximum atomic E-state index is 12.4. The quantitative estimate of drug-likeness (QED) is 0.676. The van der Waals surface area contributed by atoms with Crippen LogP contribution in [0.5, 0.6) is 5.75 Å². The van der Waals surface area contributed by atoms with Crippen molar-refractivity contribution < 1.29 is 19.4 Å². The van der Waals surface area contributed by atoms with E-state index < -0.39 is 6.10 Å². The molecule has 2 unspecified atom stereocenters. The number of carbonyl (C=O) groups is 1. The maximum Gasteiger partial charge on any atom is 0.193 e. The van der Waals surface area contributed by atoms with Gasteiger partial charge in [-0.1, -0.05) is 30.3 Å². The molecule has 0 aromatic heterocycles. The first kappa shape index (κ1) is 18.6. The molecular formula is C21H25NO4. The van der Waals surface area contributed by atoms with Gasteiger partial charge in [0.05, 0.1) is 6.10 Å². The van der Waals surface area contributed by atoms with Gasteiger partial charge < -0.3 is 19.9 Å². The lowest BCUT2D eigenvalue weighted by Crippen LogP contribution is -2.35. The van der Waals surface area contributed by atoms with Crippen LogP contribution in [0, 0.1) is 0 Å². The second-order valence-electron chi connectivity index (χ2n) is 6.48. The van der Waals surface area contributed by atoms with Crippen LogP contribution in [0.1, 0.15) is 28.8 Å². The van der Waals surface area contributed by atoms with Crippen molar-refractivity contribution in [2.45, 2.75) is 25.0 Å². The standard InChI is InChI=1S/C21H25NO4/c23-18(13-22-14-20-7-4-12-25-20)15-26-19-10-8-17(9-11-19)21(24)16-5-2-1-3-6-16/h1-3,5-6,8-11,18,20,22-23H,4,7,12-15H2. The Balaban J connectivity index is 1.41. The first-order chi connectivity index (χ1) is 12.7. The summed E-state index contributed by atoms with van der Waals surface area (Å²) >= 11 is 0. The number of hydrogen-bond donors (Lipinski definition) is 2. The van der Waals surface area contributed by atoms with Crippen LogP contribution in [0.3, 0.4) is 0 Å². The van der Waals surface area contributed by atoms with E-state index in [9.17, 15) is 9.90 Å². The Morgan fingerprint density at radius 1 is 1.15 bits per heavy atom. The molecule has 1 heterocycles. The van der Waals surface area contributed by atoms with Crippen molar-refractivity contribution in [2.75, 3.05) is 26.3 Å². The molecule has 26 heavy (non-hydrogen) atoms. The Hall–Kier alpha value is -2.21. The molecule has 5 heteroatoms. The smallest absolute Gasteiger partial charge is 0.193 e. The molecule has 0 saturated carbocycles. The van der Waals surface area contributed by atoms with Crippen LogP contribution in [-0.4, -0.2) is 49.4 Å². The summed E-state index contributed by atoms with van der Waals surface area (Å²) in [6, 6.07) is 16.2. The molecule has 0 aliphatic carbocycles. The van der Waals surface area contributed by atoms with Crippen molar-refractivity contribution in [3.05, 3.63) is 65.7 Å². The maximum absolute atomic E-state index is 12.4. The number of ketones is 1. The summed E-state index contributed by atoms with van der Waals surface area (Å²) < 4.78 is 11.1. The fourth-order valence-corrected chi connectivity index (χ4v) is 2.93. The molecule has 2 atom stereocenters. The molecule has 0 amide bonds. The Morgan fingerprint density at radius 2 is 1.88 bits per heavy atom. The molecule has 138 valence electrons. The number of aliphatic hydroxyl groups is 1. The molecule has 2 aromatic carbocycles. The van der Waals surface area contributed by atoms with E-state index in [1.165, 1.54) is 0 Å². The van der Waals surface area contributed by atoms with Crippen LogP contribution in [-0.2, 0) is 4.74 Å². The summed E-state index contributed by atoms with van der Waals surface area (Å²) in [7, 11) is 0. The normalized spacial score (nSPS) is 17.8. The van der Waals surface area contributed by atoms with Gasteiger partial charge in [-0.2, -0.15) is 0 Å². The zero-order valence-electron chi connectivity index (χ0n) is 14.8. The van der Waals surface area contributed by atoms with Crippen LogP contribution in [0.2, 0.25) is 0 Å². The number of rotatable bonds is 9. The lowest BCUT2D eigenvalue weighted by atomic mass is 10.0. The van der Waals surface area contributed by atoms with E-state index >= 15 is 0 Å². The van der Waals surface area contributed by atoms with Gasteiger partial charge in [0.25, 0.3) is 0 Å². The number of carbonyl (C=O) groups excluding carboxylic acids is 1. The van der Waals surface area contributed by atoms with Crippen LogP contribution in [0.4, 0.5) is 0 Å². The minimum absolute atomic E-state index is 0.0180. The third-order valence-electron chi connectivity index (χ3n) is 4.37. The predicted octanol–water partition coefficient (Wildman–Crippen LogP) is 2.43. The van der Waals surface area contributed by atoms with E-state index in [-0.39, 0.29) is 18.5 Å². The fraction of sp³-hybridized carbons (Fsp3) is 0.381. The molecule has 3 rings (SSSR count). The van der Waals surface area contributed by atoms with Crippen molar-refractivity contribution >= 4 is 5.78 Å². The van der Waals surface area contributed by atoms with Gasteiger partial charge in [0.1, 0.15) is 18.5 Å².